The van der Waals surface area contributed by atoms with Crippen LogP contribution in [-0.4, -0.2) is 79.7 Å². The minimum Gasteiger partial charge on any atom is -0.391 e. The number of β-amino-alcohol motifs (C(OH)–C–C–N with tert-alkyl or cyclic N) is 1. The van der Waals surface area contributed by atoms with Crippen LogP contribution in [0.3, 0.4) is 0 Å². The first-order valence-corrected chi connectivity index (χ1v) is 8.87. The second kappa shape index (κ2) is 6.81. The van der Waals surface area contributed by atoms with Gasteiger partial charge in [0.05, 0.1) is 17.4 Å². The number of likely N-dealkylation sites (tertiary alicyclic amines) is 1. The van der Waals surface area contributed by atoms with E-state index in [9.17, 15) is 18.3 Å². The summed E-state index contributed by atoms with van der Waals surface area (Å²) in [7, 11) is 1.15. The number of hydrogen-bond acceptors (Lipinski definition) is 6. The van der Waals surface area contributed by atoms with Crippen LogP contribution in [0.2, 0.25) is 0 Å². The fourth-order valence-electron chi connectivity index (χ4n) is 2.55. The molecule has 1 saturated heterocycles. The number of aliphatic hydroxyl groups is 1. The molecule has 2 rings (SSSR count). The summed E-state index contributed by atoms with van der Waals surface area (Å²) in [6, 6.07) is 3.31. The monoisotopic (exact) mass is 342 g/mol. The largest absolute Gasteiger partial charge is 0.391 e. The molecule has 0 aliphatic carbocycles. The summed E-state index contributed by atoms with van der Waals surface area (Å²) >= 11 is 0. The number of hydrogen-bond donors (Lipinski definition) is 2. The van der Waals surface area contributed by atoms with Gasteiger partial charge < -0.3 is 15.3 Å². The number of rotatable bonds is 5. The molecule has 23 heavy (non-hydrogen) atoms. The van der Waals surface area contributed by atoms with Crippen molar-refractivity contribution in [1.82, 2.24) is 14.2 Å². The lowest BCUT2D eigenvalue weighted by molar-refractivity contribution is 0.0765. The Kier molecular flexibility index (Phi) is 5.23. The lowest BCUT2D eigenvalue weighted by Crippen LogP contribution is -2.33. The van der Waals surface area contributed by atoms with Crippen molar-refractivity contribution in [3.63, 3.8) is 0 Å². The van der Waals surface area contributed by atoms with Gasteiger partial charge in [-0.25, -0.2) is 17.7 Å². The summed E-state index contributed by atoms with van der Waals surface area (Å²) in [5.74, 6) is -0.500. The number of aromatic nitrogens is 1. The standard InChI is InChI=1S/C14H22N4O4S/c1-15-13-11(5-4-6-16-13)14(20)18-7-10(12(19)8-18)9-23(21,22)17(2)3/h4-6,10,12,19H,7-9H2,1-3H3,(H,15,16)/t10-,12-/m0/s1. The Labute approximate surface area is 136 Å². The summed E-state index contributed by atoms with van der Waals surface area (Å²) in [6.45, 7) is 0.315. The Hall–Kier alpha value is -1.71. The van der Waals surface area contributed by atoms with Gasteiger partial charge in [0.2, 0.25) is 10.0 Å². The highest BCUT2D eigenvalue weighted by Gasteiger charge is 2.38. The van der Waals surface area contributed by atoms with E-state index in [4.69, 9.17) is 0 Å². The van der Waals surface area contributed by atoms with Gasteiger partial charge in [-0.2, -0.15) is 0 Å². The van der Waals surface area contributed by atoms with Gasteiger partial charge in [-0.3, -0.25) is 4.79 Å². The van der Waals surface area contributed by atoms with Crippen LogP contribution in [0.15, 0.2) is 18.3 Å². The predicted molar refractivity (Wildman–Crippen MR) is 86.7 cm³/mol. The van der Waals surface area contributed by atoms with Crippen molar-refractivity contribution in [1.29, 1.82) is 0 Å². The zero-order valence-electron chi connectivity index (χ0n) is 13.4. The molecule has 0 radical (unpaired) electrons. The first-order chi connectivity index (χ1) is 10.8. The molecule has 1 aromatic rings. The van der Waals surface area contributed by atoms with Gasteiger partial charge in [-0.1, -0.05) is 0 Å². The molecule has 128 valence electrons. The fraction of sp³-hybridized carbons (Fsp3) is 0.571. The normalized spacial score (nSPS) is 21.7. The van der Waals surface area contributed by atoms with Crippen LogP contribution >= 0.6 is 0 Å². The van der Waals surface area contributed by atoms with Crippen molar-refractivity contribution in [2.24, 2.45) is 5.92 Å². The maximum Gasteiger partial charge on any atom is 0.257 e. The Bertz CT molecular complexity index is 677. The number of carbonyl (C=O) groups excluding carboxylic acids is 1. The maximum atomic E-state index is 12.6. The Morgan fingerprint density at radius 2 is 2.17 bits per heavy atom. The molecular weight excluding hydrogens is 320 g/mol. The fourth-order valence-corrected chi connectivity index (χ4v) is 3.72. The lowest BCUT2D eigenvalue weighted by atomic mass is 10.1. The van der Waals surface area contributed by atoms with Crippen molar-refractivity contribution in [2.75, 3.05) is 45.3 Å². The van der Waals surface area contributed by atoms with E-state index >= 15 is 0 Å². The molecular formula is C14H22N4O4S. The lowest BCUT2D eigenvalue weighted by Gasteiger charge is -2.18. The number of sulfonamides is 1. The number of anilines is 1. The summed E-state index contributed by atoms with van der Waals surface area (Å²) in [5.41, 5.74) is 0.401. The second-order valence-electron chi connectivity index (χ2n) is 5.75. The molecule has 1 aromatic heterocycles. The maximum absolute atomic E-state index is 12.6. The third-order valence-corrected chi connectivity index (χ3v) is 5.91. The predicted octanol–water partition coefficient (Wildman–Crippen LogP) is -0.552. The minimum absolute atomic E-state index is 0.116. The number of aliphatic hydroxyl groups excluding tert-OH is 1. The number of pyridine rings is 1. The van der Waals surface area contributed by atoms with Gasteiger partial charge in [0, 0.05) is 46.3 Å². The minimum atomic E-state index is -3.43. The summed E-state index contributed by atoms with van der Waals surface area (Å²) < 4.78 is 25.1. The topological polar surface area (TPSA) is 103 Å². The van der Waals surface area contributed by atoms with Crippen LogP contribution in [-0.2, 0) is 10.0 Å². The number of nitrogens with one attached hydrogen (secondary N) is 1. The average molecular weight is 342 g/mol. The van der Waals surface area contributed by atoms with Crippen LogP contribution in [0.25, 0.3) is 0 Å². The van der Waals surface area contributed by atoms with Crippen LogP contribution < -0.4 is 5.32 Å². The van der Waals surface area contributed by atoms with Crippen LogP contribution in [0, 0.1) is 5.92 Å². The zero-order valence-corrected chi connectivity index (χ0v) is 14.2. The molecule has 0 spiro atoms. The molecule has 1 amide bonds. The van der Waals surface area contributed by atoms with E-state index in [-0.39, 0.29) is 24.7 Å². The molecule has 2 N–H and O–H groups in total. The number of amides is 1. The van der Waals surface area contributed by atoms with Crippen molar-refractivity contribution in [2.45, 2.75) is 6.10 Å². The van der Waals surface area contributed by atoms with E-state index in [1.165, 1.54) is 19.0 Å². The molecule has 0 bridgehead atoms. The molecule has 0 aromatic carbocycles. The van der Waals surface area contributed by atoms with E-state index < -0.39 is 22.0 Å². The van der Waals surface area contributed by atoms with Crippen LogP contribution in [0.1, 0.15) is 10.4 Å². The quantitative estimate of drug-likeness (QED) is 0.744. The Balaban J connectivity index is 2.13. The zero-order chi connectivity index (χ0) is 17.2. The molecule has 1 aliphatic rings. The van der Waals surface area contributed by atoms with E-state index in [0.717, 1.165) is 4.31 Å². The van der Waals surface area contributed by atoms with Crippen molar-refractivity contribution >= 4 is 21.7 Å². The van der Waals surface area contributed by atoms with Crippen molar-refractivity contribution < 1.29 is 18.3 Å². The molecule has 9 heteroatoms. The van der Waals surface area contributed by atoms with Gasteiger partial charge in [0.1, 0.15) is 5.82 Å². The molecule has 1 fully saturated rings. The number of nitrogens with zero attached hydrogens (tertiary/aromatic N) is 3. The highest BCUT2D eigenvalue weighted by atomic mass is 32.2. The molecule has 2 heterocycles. The molecule has 1 aliphatic heterocycles. The highest BCUT2D eigenvalue weighted by molar-refractivity contribution is 7.89. The van der Waals surface area contributed by atoms with E-state index in [2.05, 4.69) is 10.3 Å². The summed E-state index contributed by atoms with van der Waals surface area (Å²) in [5, 5.41) is 13.0. The second-order valence-corrected chi connectivity index (χ2v) is 7.98. The van der Waals surface area contributed by atoms with Crippen LogP contribution in [0.4, 0.5) is 5.82 Å². The molecule has 2 atom stereocenters. The third kappa shape index (κ3) is 3.80. The SMILES string of the molecule is CNc1ncccc1C(=O)N1C[C@@H](CS(=O)(=O)N(C)C)[C@@H](O)C1. The van der Waals surface area contributed by atoms with Gasteiger partial charge in [0.15, 0.2) is 0 Å². The average Bonchev–Trinajstić information content (AvgIpc) is 2.86. The Morgan fingerprint density at radius 1 is 1.48 bits per heavy atom. The van der Waals surface area contributed by atoms with Gasteiger partial charge >= 0.3 is 0 Å². The van der Waals surface area contributed by atoms with Crippen LogP contribution in [0.5, 0.6) is 0 Å². The number of carbonyl (C=O) groups is 1. The summed E-state index contributed by atoms with van der Waals surface area (Å²) in [6.07, 6.45) is 0.719. The Morgan fingerprint density at radius 3 is 2.78 bits per heavy atom. The van der Waals surface area contributed by atoms with E-state index in [1.807, 2.05) is 0 Å². The molecule has 0 saturated carbocycles. The first kappa shape index (κ1) is 17.6. The van der Waals surface area contributed by atoms with E-state index in [1.54, 1.807) is 25.4 Å². The van der Waals surface area contributed by atoms with Gasteiger partial charge in [-0.05, 0) is 12.1 Å². The third-order valence-electron chi connectivity index (χ3n) is 3.95. The van der Waals surface area contributed by atoms with E-state index in [0.29, 0.717) is 11.4 Å². The van der Waals surface area contributed by atoms with Crippen molar-refractivity contribution in [3.05, 3.63) is 23.9 Å². The highest BCUT2D eigenvalue weighted by Crippen LogP contribution is 2.23. The van der Waals surface area contributed by atoms with Gasteiger partial charge in [-0.15, -0.1) is 0 Å². The van der Waals surface area contributed by atoms with Crippen molar-refractivity contribution in [3.8, 4) is 0 Å². The first-order valence-electron chi connectivity index (χ1n) is 7.26. The summed E-state index contributed by atoms with van der Waals surface area (Å²) in [4.78, 5) is 18.1. The molecule has 0 unspecified atom stereocenters. The van der Waals surface area contributed by atoms with Gasteiger partial charge in [0.25, 0.3) is 5.91 Å². The molecule has 8 nitrogen and oxygen atoms in total. The smallest absolute Gasteiger partial charge is 0.257 e.